The smallest absolute Gasteiger partial charge is 0.340 e. The van der Waals surface area contributed by atoms with Gasteiger partial charge < -0.3 is 5.11 Å². The lowest BCUT2D eigenvalue weighted by molar-refractivity contribution is 0.0692. The van der Waals surface area contributed by atoms with Crippen molar-refractivity contribution in [2.45, 2.75) is 18.0 Å². The van der Waals surface area contributed by atoms with Crippen LogP contribution < -0.4 is 4.72 Å². The number of carboxylic acid groups (broad SMARTS) is 1. The van der Waals surface area contributed by atoms with Crippen molar-refractivity contribution in [3.05, 3.63) is 47.7 Å². The molecule has 0 aliphatic carbocycles. The van der Waals surface area contributed by atoms with E-state index in [4.69, 9.17) is 5.11 Å². The molecule has 7 nitrogen and oxygen atoms in total. The predicted molar refractivity (Wildman–Crippen MR) is 70.7 cm³/mol. The molecule has 0 amide bonds. The number of nitrogens with one attached hydrogen (secondary N) is 2. The number of rotatable bonds is 5. The first-order chi connectivity index (χ1) is 9.42. The fourth-order valence-corrected chi connectivity index (χ4v) is 3.05. The zero-order valence-electron chi connectivity index (χ0n) is 10.6. The summed E-state index contributed by atoms with van der Waals surface area (Å²) >= 11 is 0. The highest BCUT2D eigenvalue weighted by atomic mass is 32.2. The third kappa shape index (κ3) is 2.86. The summed E-state index contributed by atoms with van der Waals surface area (Å²) in [4.78, 5) is 10.9. The van der Waals surface area contributed by atoms with E-state index >= 15 is 0 Å². The summed E-state index contributed by atoms with van der Waals surface area (Å²) in [5.74, 6) is -1.36. The number of H-pyrrole nitrogens is 1. The molecule has 106 valence electrons. The highest BCUT2D eigenvalue weighted by molar-refractivity contribution is 7.89. The van der Waals surface area contributed by atoms with E-state index in [0.29, 0.717) is 0 Å². The van der Waals surface area contributed by atoms with E-state index in [1.54, 1.807) is 31.2 Å². The number of aromatic amines is 1. The van der Waals surface area contributed by atoms with Gasteiger partial charge in [0.1, 0.15) is 5.56 Å². The topological polar surface area (TPSA) is 112 Å². The largest absolute Gasteiger partial charge is 0.478 e. The van der Waals surface area contributed by atoms with Crippen molar-refractivity contribution in [3.63, 3.8) is 0 Å². The lowest BCUT2D eigenvalue weighted by Crippen LogP contribution is -2.28. The minimum atomic E-state index is -3.99. The maximum atomic E-state index is 12.2. The third-order valence-corrected chi connectivity index (χ3v) is 4.25. The zero-order valence-corrected chi connectivity index (χ0v) is 11.4. The molecule has 0 aliphatic rings. The second-order valence-electron chi connectivity index (χ2n) is 4.17. The Morgan fingerprint density at radius 1 is 1.35 bits per heavy atom. The Morgan fingerprint density at radius 2 is 2.00 bits per heavy atom. The Bertz CT molecular complexity index is 709. The lowest BCUT2D eigenvalue weighted by atomic mass is 10.1. The van der Waals surface area contributed by atoms with Crippen LogP contribution in [0.25, 0.3) is 0 Å². The number of nitrogens with zero attached hydrogens (tertiary/aromatic N) is 1. The number of aromatic nitrogens is 2. The molecule has 2 aromatic rings. The van der Waals surface area contributed by atoms with Gasteiger partial charge in [-0.2, -0.15) is 5.10 Å². The van der Waals surface area contributed by atoms with Gasteiger partial charge in [0.15, 0.2) is 5.03 Å². The number of hydrogen-bond acceptors (Lipinski definition) is 4. The van der Waals surface area contributed by atoms with E-state index in [9.17, 15) is 13.2 Å². The minimum Gasteiger partial charge on any atom is -0.478 e. The van der Waals surface area contributed by atoms with Crippen molar-refractivity contribution in [1.29, 1.82) is 0 Å². The van der Waals surface area contributed by atoms with E-state index in [1.807, 2.05) is 6.07 Å². The summed E-state index contributed by atoms with van der Waals surface area (Å²) < 4.78 is 26.7. The van der Waals surface area contributed by atoms with E-state index in [1.165, 1.54) is 0 Å². The molecule has 2 rings (SSSR count). The van der Waals surface area contributed by atoms with Gasteiger partial charge in [-0.25, -0.2) is 17.9 Å². The van der Waals surface area contributed by atoms with Gasteiger partial charge in [-0.15, -0.1) is 0 Å². The molecule has 1 aromatic heterocycles. The number of hydrogen-bond donors (Lipinski definition) is 3. The van der Waals surface area contributed by atoms with Crippen LogP contribution in [0.2, 0.25) is 0 Å². The van der Waals surface area contributed by atoms with E-state index in [2.05, 4.69) is 14.9 Å². The average molecular weight is 295 g/mol. The predicted octanol–water partition coefficient (Wildman–Crippen LogP) is 1.15. The maximum absolute atomic E-state index is 12.2. The van der Waals surface area contributed by atoms with Crippen molar-refractivity contribution in [2.75, 3.05) is 0 Å². The Morgan fingerprint density at radius 3 is 2.60 bits per heavy atom. The Kier molecular flexibility index (Phi) is 3.86. The second kappa shape index (κ2) is 5.43. The highest BCUT2D eigenvalue weighted by Crippen LogP contribution is 2.17. The van der Waals surface area contributed by atoms with Gasteiger partial charge in [-0.3, -0.25) is 5.10 Å². The Balaban J connectivity index is 2.28. The molecular weight excluding hydrogens is 282 g/mol. The third-order valence-electron chi connectivity index (χ3n) is 2.74. The fourth-order valence-electron chi connectivity index (χ4n) is 1.73. The monoisotopic (exact) mass is 295 g/mol. The first-order valence-electron chi connectivity index (χ1n) is 5.76. The van der Waals surface area contributed by atoms with Crippen LogP contribution in [0.5, 0.6) is 0 Å². The minimum absolute atomic E-state index is 0.391. The maximum Gasteiger partial charge on any atom is 0.340 e. The molecule has 0 saturated heterocycles. The summed E-state index contributed by atoms with van der Waals surface area (Å²) in [6.45, 7) is 1.67. The van der Waals surface area contributed by atoms with Gasteiger partial charge >= 0.3 is 5.97 Å². The lowest BCUT2D eigenvalue weighted by Gasteiger charge is -2.13. The van der Waals surface area contributed by atoms with E-state index < -0.39 is 32.6 Å². The molecular formula is C12H13N3O4S. The van der Waals surface area contributed by atoms with Crippen molar-refractivity contribution in [2.24, 2.45) is 0 Å². The van der Waals surface area contributed by atoms with Crippen LogP contribution >= 0.6 is 0 Å². The second-order valence-corrected chi connectivity index (χ2v) is 5.82. The van der Waals surface area contributed by atoms with Crippen LogP contribution in [0.15, 0.2) is 41.6 Å². The first-order valence-corrected chi connectivity index (χ1v) is 7.24. The SMILES string of the molecule is CC(NS(=O)(=O)c1[nH]ncc1C(=O)O)c1ccccc1. The van der Waals surface area contributed by atoms with Gasteiger partial charge in [0, 0.05) is 6.04 Å². The summed E-state index contributed by atoms with van der Waals surface area (Å²) in [7, 11) is -3.99. The normalized spacial score (nSPS) is 13.1. The van der Waals surface area contributed by atoms with Gasteiger partial charge in [0.25, 0.3) is 10.0 Å². The molecule has 20 heavy (non-hydrogen) atoms. The quantitative estimate of drug-likeness (QED) is 0.766. The zero-order chi connectivity index (χ0) is 14.8. The molecule has 0 spiro atoms. The van der Waals surface area contributed by atoms with Crippen molar-refractivity contribution in [3.8, 4) is 0 Å². The van der Waals surface area contributed by atoms with Crippen LogP contribution in [-0.4, -0.2) is 29.7 Å². The number of aromatic carboxylic acids is 1. The number of benzene rings is 1. The molecule has 0 aliphatic heterocycles. The molecule has 0 bridgehead atoms. The van der Waals surface area contributed by atoms with Crippen LogP contribution in [-0.2, 0) is 10.0 Å². The average Bonchev–Trinajstić information content (AvgIpc) is 2.89. The van der Waals surface area contributed by atoms with E-state index in [0.717, 1.165) is 11.8 Å². The first kappa shape index (κ1) is 14.2. The standard InChI is InChI=1S/C12H13N3O4S/c1-8(9-5-3-2-4-6-9)15-20(18,19)11-10(12(16)17)7-13-14-11/h2-8,15H,1H3,(H,13,14)(H,16,17). The Hall–Kier alpha value is -2.19. The summed E-state index contributed by atoms with van der Waals surface area (Å²) in [5, 5.41) is 14.1. The molecule has 1 unspecified atom stereocenters. The van der Waals surface area contributed by atoms with Crippen LogP contribution in [0.1, 0.15) is 28.9 Å². The highest BCUT2D eigenvalue weighted by Gasteiger charge is 2.26. The fraction of sp³-hybridized carbons (Fsp3) is 0.167. The molecule has 1 atom stereocenters. The van der Waals surface area contributed by atoms with Gasteiger partial charge in [0.05, 0.1) is 6.20 Å². The van der Waals surface area contributed by atoms with Gasteiger partial charge in [-0.05, 0) is 12.5 Å². The van der Waals surface area contributed by atoms with Crippen LogP contribution in [0.3, 0.4) is 0 Å². The molecule has 0 saturated carbocycles. The number of sulfonamides is 1. The van der Waals surface area contributed by atoms with Crippen LogP contribution in [0, 0.1) is 0 Å². The summed E-state index contributed by atoms with van der Waals surface area (Å²) in [5.41, 5.74) is 0.380. The van der Waals surface area contributed by atoms with Crippen molar-refractivity contribution >= 4 is 16.0 Å². The molecule has 0 radical (unpaired) electrons. The van der Waals surface area contributed by atoms with Gasteiger partial charge in [-0.1, -0.05) is 30.3 Å². The molecule has 1 heterocycles. The van der Waals surface area contributed by atoms with Gasteiger partial charge in [0.2, 0.25) is 0 Å². The molecule has 3 N–H and O–H groups in total. The Labute approximate surface area is 115 Å². The summed E-state index contributed by atoms with van der Waals surface area (Å²) in [6.07, 6.45) is 0.962. The van der Waals surface area contributed by atoms with E-state index in [-0.39, 0.29) is 0 Å². The molecule has 8 heteroatoms. The molecule has 1 aromatic carbocycles. The summed E-state index contributed by atoms with van der Waals surface area (Å²) in [6, 6.07) is 8.46. The van der Waals surface area contributed by atoms with Crippen LogP contribution in [0.4, 0.5) is 0 Å². The number of carboxylic acids is 1. The number of carbonyl (C=O) groups is 1. The molecule has 0 fully saturated rings. The van der Waals surface area contributed by atoms with Crippen molar-refractivity contribution in [1.82, 2.24) is 14.9 Å². The van der Waals surface area contributed by atoms with Crippen molar-refractivity contribution < 1.29 is 18.3 Å².